The molecule has 5 heteroatoms. The van der Waals surface area contributed by atoms with Crippen LogP contribution in [-0.4, -0.2) is 18.9 Å². The zero-order chi connectivity index (χ0) is 20.8. The van der Waals surface area contributed by atoms with Gasteiger partial charge in [0.25, 0.3) is 0 Å². The van der Waals surface area contributed by atoms with Crippen molar-refractivity contribution >= 4 is 17.5 Å². The standard InChI is InChI=1S/C24H30N2O3/c1-16-4-5-17(2)22(14-16)26-24(28)20-10-8-19(9-11-20)23(27)25-15-18-6-12-21(29-3)13-7-18/h4-7,12-14,19-20H,8-11,15H2,1-3H3,(H,25,27)(H,26,28). The van der Waals surface area contributed by atoms with Crippen molar-refractivity contribution < 1.29 is 14.3 Å². The Balaban J connectivity index is 1.45. The normalized spacial score (nSPS) is 18.7. The van der Waals surface area contributed by atoms with Crippen molar-refractivity contribution in [2.24, 2.45) is 11.8 Å². The summed E-state index contributed by atoms with van der Waals surface area (Å²) in [5.74, 6) is 0.904. The quantitative estimate of drug-likeness (QED) is 0.764. The van der Waals surface area contributed by atoms with Crippen molar-refractivity contribution in [1.29, 1.82) is 0 Å². The minimum atomic E-state index is -0.0273. The van der Waals surface area contributed by atoms with Gasteiger partial charge in [-0.05, 0) is 74.4 Å². The predicted octanol–water partition coefficient (Wildman–Crippen LogP) is 4.37. The van der Waals surface area contributed by atoms with Crippen LogP contribution in [0.15, 0.2) is 42.5 Å². The first-order valence-electron chi connectivity index (χ1n) is 10.2. The van der Waals surface area contributed by atoms with Crippen LogP contribution in [0.25, 0.3) is 0 Å². The first-order chi connectivity index (χ1) is 14.0. The lowest BCUT2D eigenvalue weighted by atomic mass is 9.81. The molecule has 154 valence electrons. The number of amides is 2. The smallest absolute Gasteiger partial charge is 0.227 e. The molecule has 1 saturated carbocycles. The second-order valence-electron chi connectivity index (χ2n) is 7.92. The van der Waals surface area contributed by atoms with Crippen LogP contribution in [-0.2, 0) is 16.1 Å². The molecule has 29 heavy (non-hydrogen) atoms. The third-order valence-corrected chi connectivity index (χ3v) is 5.75. The Morgan fingerprint density at radius 1 is 0.931 bits per heavy atom. The van der Waals surface area contributed by atoms with E-state index in [1.165, 1.54) is 0 Å². The number of ether oxygens (including phenoxy) is 1. The lowest BCUT2D eigenvalue weighted by molar-refractivity contribution is -0.128. The third kappa shape index (κ3) is 5.59. The van der Waals surface area contributed by atoms with Crippen molar-refractivity contribution in [1.82, 2.24) is 5.32 Å². The van der Waals surface area contributed by atoms with E-state index >= 15 is 0 Å². The molecule has 2 amide bonds. The van der Waals surface area contributed by atoms with Crippen LogP contribution < -0.4 is 15.4 Å². The van der Waals surface area contributed by atoms with Crippen LogP contribution in [0, 0.1) is 25.7 Å². The fourth-order valence-corrected chi connectivity index (χ4v) is 3.80. The Hall–Kier alpha value is -2.82. The minimum absolute atomic E-state index is 0.0157. The average Bonchev–Trinajstić information content (AvgIpc) is 2.75. The van der Waals surface area contributed by atoms with Crippen LogP contribution in [0.4, 0.5) is 5.69 Å². The van der Waals surface area contributed by atoms with E-state index in [4.69, 9.17) is 4.74 Å². The highest BCUT2D eigenvalue weighted by Crippen LogP contribution is 2.30. The average molecular weight is 395 g/mol. The maximum absolute atomic E-state index is 12.6. The molecule has 0 aromatic heterocycles. The molecule has 1 aliphatic carbocycles. The summed E-state index contributed by atoms with van der Waals surface area (Å²) in [6.45, 7) is 4.53. The summed E-state index contributed by atoms with van der Waals surface area (Å²) in [5, 5.41) is 6.09. The van der Waals surface area contributed by atoms with Crippen LogP contribution in [0.1, 0.15) is 42.4 Å². The second-order valence-corrected chi connectivity index (χ2v) is 7.92. The fourth-order valence-electron chi connectivity index (χ4n) is 3.80. The van der Waals surface area contributed by atoms with Crippen molar-refractivity contribution in [2.75, 3.05) is 12.4 Å². The van der Waals surface area contributed by atoms with E-state index in [0.717, 1.165) is 53.8 Å². The van der Waals surface area contributed by atoms with Gasteiger partial charge >= 0.3 is 0 Å². The number of nitrogens with one attached hydrogen (secondary N) is 2. The van der Waals surface area contributed by atoms with Gasteiger partial charge in [-0.15, -0.1) is 0 Å². The molecule has 2 aromatic carbocycles. The Kier molecular flexibility index (Phi) is 6.91. The molecule has 1 fully saturated rings. The second kappa shape index (κ2) is 9.59. The number of aryl methyl sites for hydroxylation is 2. The highest BCUT2D eigenvalue weighted by Gasteiger charge is 2.30. The molecule has 0 atom stereocenters. The third-order valence-electron chi connectivity index (χ3n) is 5.75. The SMILES string of the molecule is COc1ccc(CNC(=O)C2CCC(C(=O)Nc3cc(C)ccc3C)CC2)cc1. The number of carbonyl (C=O) groups excluding carboxylic acids is 2. The van der Waals surface area contributed by atoms with Gasteiger partial charge in [-0.1, -0.05) is 24.3 Å². The van der Waals surface area contributed by atoms with Crippen molar-refractivity contribution in [3.05, 3.63) is 59.2 Å². The van der Waals surface area contributed by atoms with Gasteiger partial charge in [0.05, 0.1) is 7.11 Å². The number of hydrogen-bond acceptors (Lipinski definition) is 3. The van der Waals surface area contributed by atoms with Crippen LogP contribution in [0.2, 0.25) is 0 Å². The van der Waals surface area contributed by atoms with E-state index in [1.54, 1.807) is 7.11 Å². The molecule has 3 rings (SSSR count). The van der Waals surface area contributed by atoms with Gasteiger partial charge in [0.15, 0.2) is 0 Å². The highest BCUT2D eigenvalue weighted by molar-refractivity contribution is 5.93. The maximum Gasteiger partial charge on any atom is 0.227 e. The van der Waals surface area contributed by atoms with Gasteiger partial charge in [0.1, 0.15) is 5.75 Å². The molecule has 2 N–H and O–H groups in total. The molecule has 0 heterocycles. The Morgan fingerprint density at radius 2 is 1.55 bits per heavy atom. The Morgan fingerprint density at radius 3 is 2.17 bits per heavy atom. The molecule has 5 nitrogen and oxygen atoms in total. The molecule has 0 unspecified atom stereocenters. The van der Waals surface area contributed by atoms with E-state index in [2.05, 4.69) is 10.6 Å². The molecular formula is C24H30N2O3. The summed E-state index contributed by atoms with van der Waals surface area (Å²) in [5.41, 5.74) is 4.12. The van der Waals surface area contributed by atoms with Gasteiger partial charge in [0.2, 0.25) is 11.8 Å². The van der Waals surface area contributed by atoms with Gasteiger partial charge in [0, 0.05) is 24.1 Å². The highest BCUT2D eigenvalue weighted by atomic mass is 16.5. The lowest BCUT2D eigenvalue weighted by Crippen LogP contribution is -2.35. The topological polar surface area (TPSA) is 67.4 Å². The van der Waals surface area contributed by atoms with E-state index in [9.17, 15) is 9.59 Å². The lowest BCUT2D eigenvalue weighted by Gasteiger charge is -2.27. The molecule has 1 aliphatic rings. The maximum atomic E-state index is 12.6. The van der Waals surface area contributed by atoms with Gasteiger partial charge in [-0.3, -0.25) is 9.59 Å². The Labute approximate surface area is 172 Å². The van der Waals surface area contributed by atoms with Crippen molar-refractivity contribution in [3.8, 4) is 5.75 Å². The largest absolute Gasteiger partial charge is 0.497 e. The summed E-state index contributed by atoms with van der Waals surface area (Å²) < 4.78 is 5.15. The van der Waals surface area contributed by atoms with Crippen molar-refractivity contribution in [3.63, 3.8) is 0 Å². The monoisotopic (exact) mass is 394 g/mol. The number of carbonyl (C=O) groups is 2. The number of methoxy groups -OCH3 is 1. The molecule has 0 saturated heterocycles. The van der Waals surface area contributed by atoms with Crippen molar-refractivity contribution in [2.45, 2.75) is 46.1 Å². The van der Waals surface area contributed by atoms with E-state index < -0.39 is 0 Å². The number of benzene rings is 2. The predicted molar refractivity (Wildman–Crippen MR) is 115 cm³/mol. The Bertz CT molecular complexity index is 853. The zero-order valence-corrected chi connectivity index (χ0v) is 17.5. The molecule has 0 spiro atoms. The number of rotatable bonds is 6. The zero-order valence-electron chi connectivity index (χ0n) is 17.5. The first kappa shape index (κ1) is 20.9. The summed E-state index contributed by atoms with van der Waals surface area (Å²) in [7, 11) is 1.63. The first-order valence-corrected chi connectivity index (χ1v) is 10.2. The van der Waals surface area contributed by atoms with Crippen LogP contribution in [0.5, 0.6) is 5.75 Å². The van der Waals surface area contributed by atoms with Gasteiger partial charge < -0.3 is 15.4 Å². The van der Waals surface area contributed by atoms with E-state index in [-0.39, 0.29) is 23.7 Å². The summed E-state index contributed by atoms with van der Waals surface area (Å²) in [4.78, 5) is 25.2. The summed E-state index contributed by atoms with van der Waals surface area (Å²) in [6.07, 6.45) is 2.99. The molecular weight excluding hydrogens is 364 g/mol. The van der Waals surface area contributed by atoms with Crippen LogP contribution >= 0.6 is 0 Å². The van der Waals surface area contributed by atoms with E-state index in [1.807, 2.05) is 56.3 Å². The molecule has 2 aromatic rings. The van der Waals surface area contributed by atoms with Crippen LogP contribution in [0.3, 0.4) is 0 Å². The van der Waals surface area contributed by atoms with Gasteiger partial charge in [-0.25, -0.2) is 0 Å². The summed E-state index contributed by atoms with van der Waals surface area (Å²) in [6, 6.07) is 13.8. The molecule has 0 radical (unpaired) electrons. The number of hydrogen-bond donors (Lipinski definition) is 2. The van der Waals surface area contributed by atoms with E-state index in [0.29, 0.717) is 6.54 Å². The molecule has 0 aliphatic heterocycles. The fraction of sp³-hybridized carbons (Fsp3) is 0.417. The summed E-state index contributed by atoms with van der Waals surface area (Å²) >= 11 is 0. The minimum Gasteiger partial charge on any atom is -0.497 e. The van der Waals surface area contributed by atoms with Gasteiger partial charge in [-0.2, -0.15) is 0 Å². The number of anilines is 1. The molecule has 0 bridgehead atoms.